The monoisotopic (exact) mass is 323 g/mol. The second kappa shape index (κ2) is 4.54. The van der Waals surface area contributed by atoms with E-state index in [2.05, 4.69) is 4.98 Å². The lowest BCUT2D eigenvalue weighted by atomic mass is 10.2. The van der Waals surface area contributed by atoms with Crippen molar-refractivity contribution in [3.63, 3.8) is 0 Å². The first kappa shape index (κ1) is 14.0. The van der Waals surface area contributed by atoms with Gasteiger partial charge in [-0.2, -0.15) is 0 Å². The Morgan fingerprint density at radius 3 is 2.67 bits per heavy atom. The van der Waals surface area contributed by atoms with Crippen molar-refractivity contribution in [2.24, 2.45) is 0 Å². The minimum Gasteiger partial charge on any atom is -0.399 e. The Kier molecular flexibility index (Phi) is 3.03. The normalized spacial score (nSPS) is 16.3. The van der Waals surface area contributed by atoms with Crippen LogP contribution in [-0.2, 0) is 16.6 Å². The summed E-state index contributed by atoms with van der Waals surface area (Å²) in [5.74, 6) is -0.553. The number of carbonyl (C=O) groups is 1. The molecule has 2 aromatic rings. The molecule has 0 bridgehead atoms. The standard InChI is InChI=1S/C13H13N3O3S2/c1-7-8(2)20-12(15-7)6-16-13(17)10-5-9(14)3-4-11(10)21(16,18)19/h3-5H,6,14H2,1-2H3. The fourth-order valence-electron chi connectivity index (χ4n) is 2.19. The second-order valence-corrected chi connectivity index (χ2v) is 7.94. The first-order valence-electron chi connectivity index (χ1n) is 6.20. The van der Waals surface area contributed by atoms with E-state index < -0.39 is 15.9 Å². The molecule has 1 aromatic carbocycles. The highest BCUT2D eigenvalue weighted by atomic mass is 32.2. The van der Waals surface area contributed by atoms with Gasteiger partial charge in [0.15, 0.2) is 0 Å². The Labute approximate surface area is 126 Å². The number of amides is 1. The van der Waals surface area contributed by atoms with E-state index in [0.717, 1.165) is 14.9 Å². The van der Waals surface area contributed by atoms with Crippen molar-refractivity contribution in [2.75, 3.05) is 5.73 Å². The van der Waals surface area contributed by atoms with Crippen LogP contribution in [0.25, 0.3) is 0 Å². The van der Waals surface area contributed by atoms with Gasteiger partial charge >= 0.3 is 0 Å². The number of aryl methyl sites for hydroxylation is 2. The van der Waals surface area contributed by atoms with Crippen LogP contribution in [0.1, 0.15) is 25.9 Å². The number of anilines is 1. The van der Waals surface area contributed by atoms with Crippen molar-refractivity contribution in [3.05, 3.63) is 39.3 Å². The van der Waals surface area contributed by atoms with E-state index in [9.17, 15) is 13.2 Å². The van der Waals surface area contributed by atoms with Crippen LogP contribution in [0.5, 0.6) is 0 Å². The summed E-state index contributed by atoms with van der Waals surface area (Å²) < 4.78 is 25.7. The molecule has 110 valence electrons. The van der Waals surface area contributed by atoms with Gasteiger partial charge in [0.2, 0.25) is 0 Å². The highest BCUT2D eigenvalue weighted by Crippen LogP contribution is 2.33. The molecule has 0 fully saturated rings. The van der Waals surface area contributed by atoms with Crippen LogP contribution >= 0.6 is 11.3 Å². The molecule has 0 radical (unpaired) electrons. The minimum atomic E-state index is -3.82. The highest BCUT2D eigenvalue weighted by Gasteiger charge is 2.41. The SMILES string of the molecule is Cc1nc(CN2C(=O)c3cc(N)ccc3S2(=O)=O)sc1C. The van der Waals surface area contributed by atoms with Gasteiger partial charge in [-0.15, -0.1) is 11.3 Å². The average molecular weight is 323 g/mol. The Bertz CT molecular complexity index is 836. The summed E-state index contributed by atoms with van der Waals surface area (Å²) in [5, 5.41) is 0.600. The summed E-state index contributed by atoms with van der Waals surface area (Å²) in [6.45, 7) is 3.71. The van der Waals surface area contributed by atoms with Crippen molar-refractivity contribution in [2.45, 2.75) is 25.3 Å². The van der Waals surface area contributed by atoms with Gasteiger partial charge in [-0.1, -0.05) is 0 Å². The summed E-state index contributed by atoms with van der Waals surface area (Å²) in [4.78, 5) is 17.6. The molecule has 8 heteroatoms. The number of nitrogen functional groups attached to an aromatic ring is 1. The Morgan fingerprint density at radius 2 is 2.05 bits per heavy atom. The number of benzene rings is 1. The maximum atomic E-state index is 12.4. The molecule has 2 heterocycles. The quantitative estimate of drug-likeness (QED) is 0.849. The fraction of sp³-hybridized carbons (Fsp3) is 0.231. The van der Waals surface area contributed by atoms with E-state index in [4.69, 9.17) is 5.73 Å². The molecule has 21 heavy (non-hydrogen) atoms. The molecule has 1 amide bonds. The van der Waals surface area contributed by atoms with E-state index in [1.807, 2.05) is 13.8 Å². The van der Waals surface area contributed by atoms with Crippen LogP contribution in [0.15, 0.2) is 23.1 Å². The molecule has 1 aliphatic rings. The number of hydrogen-bond donors (Lipinski definition) is 1. The van der Waals surface area contributed by atoms with E-state index in [0.29, 0.717) is 10.7 Å². The molecule has 0 unspecified atom stereocenters. The average Bonchev–Trinajstić information content (AvgIpc) is 2.81. The third-order valence-corrected chi connectivity index (χ3v) is 6.22. The van der Waals surface area contributed by atoms with E-state index >= 15 is 0 Å². The van der Waals surface area contributed by atoms with Gasteiger partial charge in [0, 0.05) is 10.6 Å². The zero-order valence-electron chi connectivity index (χ0n) is 11.5. The van der Waals surface area contributed by atoms with Crippen molar-refractivity contribution < 1.29 is 13.2 Å². The Balaban J connectivity index is 2.03. The zero-order chi connectivity index (χ0) is 15.4. The highest BCUT2D eigenvalue weighted by molar-refractivity contribution is 7.90. The molecular weight excluding hydrogens is 310 g/mol. The van der Waals surface area contributed by atoms with Crippen molar-refractivity contribution in [1.29, 1.82) is 0 Å². The molecule has 0 atom stereocenters. The van der Waals surface area contributed by atoms with Crippen LogP contribution in [0, 0.1) is 13.8 Å². The molecule has 0 saturated carbocycles. The molecule has 3 rings (SSSR count). The molecule has 6 nitrogen and oxygen atoms in total. The molecule has 0 saturated heterocycles. The van der Waals surface area contributed by atoms with Crippen LogP contribution < -0.4 is 5.73 Å². The van der Waals surface area contributed by atoms with Gasteiger partial charge in [0.25, 0.3) is 15.9 Å². The van der Waals surface area contributed by atoms with Crippen molar-refractivity contribution >= 4 is 33.0 Å². The predicted octanol–water partition coefficient (Wildman–Crippen LogP) is 1.69. The fourth-order valence-corrected chi connectivity index (χ4v) is 4.70. The van der Waals surface area contributed by atoms with E-state index in [-0.39, 0.29) is 17.0 Å². The number of hydrogen-bond acceptors (Lipinski definition) is 6. The van der Waals surface area contributed by atoms with Crippen molar-refractivity contribution in [1.82, 2.24) is 9.29 Å². The molecule has 0 aliphatic carbocycles. The summed E-state index contributed by atoms with van der Waals surface area (Å²) in [6.07, 6.45) is 0. The van der Waals surface area contributed by atoms with Gasteiger partial charge in [0.05, 0.1) is 17.8 Å². The summed E-state index contributed by atoms with van der Waals surface area (Å²) >= 11 is 1.39. The number of nitrogens with zero attached hydrogens (tertiary/aromatic N) is 2. The van der Waals surface area contributed by atoms with Crippen LogP contribution in [0.2, 0.25) is 0 Å². The minimum absolute atomic E-state index is 0.00620. The Hall–Kier alpha value is -1.93. The predicted molar refractivity (Wildman–Crippen MR) is 79.5 cm³/mol. The van der Waals surface area contributed by atoms with Crippen LogP contribution in [0.4, 0.5) is 5.69 Å². The maximum absolute atomic E-state index is 12.4. The number of sulfonamides is 1. The lowest BCUT2D eigenvalue weighted by molar-refractivity contribution is 0.0865. The lowest BCUT2D eigenvalue weighted by Crippen LogP contribution is -2.29. The van der Waals surface area contributed by atoms with E-state index in [1.54, 1.807) is 0 Å². The van der Waals surface area contributed by atoms with Crippen LogP contribution in [-0.4, -0.2) is 23.6 Å². The van der Waals surface area contributed by atoms with Gasteiger partial charge in [-0.3, -0.25) is 4.79 Å². The topological polar surface area (TPSA) is 93.4 Å². The van der Waals surface area contributed by atoms with E-state index in [1.165, 1.54) is 29.5 Å². The molecule has 1 aromatic heterocycles. The largest absolute Gasteiger partial charge is 0.399 e. The molecular formula is C13H13N3O3S2. The second-order valence-electron chi connectivity index (χ2n) is 4.82. The number of fused-ring (bicyclic) bond motifs is 1. The van der Waals surface area contributed by atoms with Gasteiger partial charge in [-0.05, 0) is 32.0 Å². The number of carbonyl (C=O) groups excluding carboxylic acids is 1. The first-order valence-corrected chi connectivity index (χ1v) is 8.46. The maximum Gasteiger partial charge on any atom is 0.269 e. The first-order chi connectivity index (χ1) is 9.80. The van der Waals surface area contributed by atoms with Gasteiger partial charge < -0.3 is 5.73 Å². The summed E-state index contributed by atoms with van der Waals surface area (Å²) in [7, 11) is -3.82. The molecule has 1 aliphatic heterocycles. The lowest BCUT2D eigenvalue weighted by Gasteiger charge is -2.12. The third kappa shape index (κ3) is 2.11. The number of rotatable bonds is 2. The van der Waals surface area contributed by atoms with Gasteiger partial charge in [-0.25, -0.2) is 17.7 Å². The zero-order valence-corrected chi connectivity index (χ0v) is 13.1. The number of nitrogens with two attached hydrogens (primary N) is 1. The Morgan fingerprint density at radius 1 is 1.33 bits per heavy atom. The van der Waals surface area contributed by atoms with Crippen LogP contribution in [0.3, 0.4) is 0 Å². The van der Waals surface area contributed by atoms with Crippen molar-refractivity contribution in [3.8, 4) is 0 Å². The summed E-state index contributed by atoms with van der Waals surface area (Å²) in [6, 6.07) is 4.24. The number of thiazole rings is 1. The molecule has 0 spiro atoms. The third-order valence-electron chi connectivity index (χ3n) is 3.38. The summed E-state index contributed by atoms with van der Waals surface area (Å²) in [5.41, 5.74) is 6.96. The smallest absolute Gasteiger partial charge is 0.269 e. The molecule has 2 N–H and O–H groups in total. The number of aromatic nitrogens is 1. The van der Waals surface area contributed by atoms with Gasteiger partial charge in [0.1, 0.15) is 9.90 Å².